The van der Waals surface area contributed by atoms with E-state index in [1.54, 1.807) is 6.92 Å². The first-order valence-electron chi connectivity index (χ1n) is 6.07. The standard InChI is InChI=1S/C13H19N3O2S/c1-9(17)8-12(18)15-16-13(19)14-10(2)11-6-4-3-5-7-11/h3-7,9-10,17H,8H2,1-2H3,(H,15,18)(H2,14,16,19). The molecule has 0 spiro atoms. The molecule has 0 saturated heterocycles. The Morgan fingerprint density at radius 3 is 2.47 bits per heavy atom. The van der Waals surface area contributed by atoms with Gasteiger partial charge in [-0.3, -0.25) is 15.6 Å². The molecule has 0 aromatic heterocycles. The minimum atomic E-state index is -0.674. The van der Waals surface area contributed by atoms with Crippen molar-refractivity contribution < 1.29 is 9.90 Å². The normalized spacial score (nSPS) is 13.2. The van der Waals surface area contributed by atoms with Gasteiger partial charge >= 0.3 is 0 Å². The van der Waals surface area contributed by atoms with E-state index in [0.717, 1.165) is 5.56 Å². The molecule has 2 unspecified atom stereocenters. The maximum absolute atomic E-state index is 11.3. The molecule has 0 fully saturated rings. The van der Waals surface area contributed by atoms with E-state index in [1.165, 1.54) is 0 Å². The van der Waals surface area contributed by atoms with Crippen LogP contribution in [0, 0.1) is 0 Å². The second kappa shape index (κ2) is 7.70. The van der Waals surface area contributed by atoms with E-state index < -0.39 is 6.10 Å². The minimum absolute atomic E-state index is 0.0316. The lowest BCUT2D eigenvalue weighted by Crippen LogP contribution is -2.47. The maximum Gasteiger partial charge on any atom is 0.240 e. The number of benzene rings is 1. The van der Waals surface area contributed by atoms with Crippen LogP contribution >= 0.6 is 12.2 Å². The summed E-state index contributed by atoms with van der Waals surface area (Å²) < 4.78 is 0. The molecule has 1 aromatic carbocycles. The van der Waals surface area contributed by atoms with Crippen LogP contribution in [-0.2, 0) is 4.79 Å². The third-order valence-corrected chi connectivity index (χ3v) is 2.66. The van der Waals surface area contributed by atoms with E-state index in [2.05, 4.69) is 16.2 Å². The molecule has 2 atom stereocenters. The van der Waals surface area contributed by atoms with Gasteiger partial charge < -0.3 is 10.4 Å². The van der Waals surface area contributed by atoms with E-state index in [0.29, 0.717) is 5.11 Å². The molecule has 6 heteroatoms. The van der Waals surface area contributed by atoms with Crippen molar-refractivity contribution in [3.63, 3.8) is 0 Å². The van der Waals surface area contributed by atoms with Crippen molar-refractivity contribution in [2.45, 2.75) is 32.4 Å². The van der Waals surface area contributed by atoms with Crippen LogP contribution in [0.2, 0.25) is 0 Å². The van der Waals surface area contributed by atoms with Gasteiger partial charge in [-0.05, 0) is 31.6 Å². The van der Waals surface area contributed by atoms with Crippen molar-refractivity contribution in [3.8, 4) is 0 Å². The quantitative estimate of drug-likeness (QED) is 0.490. The number of nitrogens with one attached hydrogen (secondary N) is 3. The number of aliphatic hydroxyl groups excluding tert-OH is 1. The minimum Gasteiger partial charge on any atom is -0.393 e. The molecule has 0 aliphatic heterocycles. The Morgan fingerprint density at radius 1 is 1.26 bits per heavy atom. The number of aliphatic hydroxyl groups is 1. The highest BCUT2D eigenvalue weighted by Crippen LogP contribution is 2.10. The topological polar surface area (TPSA) is 73.4 Å². The smallest absolute Gasteiger partial charge is 0.240 e. The number of hydrogen-bond donors (Lipinski definition) is 4. The molecular formula is C13H19N3O2S. The van der Waals surface area contributed by atoms with Gasteiger partial charge in [0.15, 0.2) is 5.11 Å². The molecule has 4 N–H and O–H groups in total. The lowest BCUT2D eigenvalue weighted by Gasteiger charge is -2.17. The third-order valence-electron chi connectivity index (χ3n) is 2.44. The molecule has 1 aromatic rings. The van der Waals surface area contributed by atoms with Crippen LogP contribution in [0.25, 0.3) is 0 Å². The van der Waals surface area contributed by atoms with Crippen LogP contribution in [0.3, 0.4) is 0 Å². The van der Waals surface area contributed by atoms with Crippen molar-refractivity contribution in [2.75, 3.05) is 0 Å². The Hall–Kier alpha value is -1.66. The van der Waals surface area contributed by atoms with E-state index in [-0.39, 0.29) is 18.4 Å². The number of hydrogen-bond acceptors (Lipinski definition) is 3. The summed E-state index contributed by atoms with van der Waals surface area (Å²) in [7, 11) is 0. The monoisotopic (exact) mass is 281 g/mol. The van der Waals surface area contributed by atoms with E-state index in [9.17, 15) is 4.79 Å². The summed E-state index contributed by atoms with van der Waals surface area (Å²) >= 11 is 5.06. The van der Waals surface area contributed by atoms with Gasteiger partial charge in [0.2, 0.25) is 5.91 Å². The van der Waals surface area contributed by atoms with Crippen LogP contribution in [0.1, 0.15) is 31.9 Å². The molecule has 0 radical (unpaired) electrons. The highest BCUT2D eigenvalue weighted by molar-refractivity contribution is 7.80. The van der Waals surface area contributed by atoms with Crippen LogP contribution in [0.15, 0.2) is 30.3 Å². The van der Waals surface area contributed by atoms with Gasteiger partial charge in [-0.1, -0.05) is 30.3 Å². The first kappa shape index (κ1) is 15.4. The van der Waals surface area contributed by atoms with Crippen LogP contribution < -0.4 is 16.2 Å². The van der Waals surface area contributed by atoms with E-state index in [1.807, 2.05) is 37.3 Å². The Kier molecular flexibility index (Phi) is 6.24. The number of carbonyl (C=O) groups is 1. The first-order valence-corrected chi connectivity index (χ1v) is 6.48. The van der Waals surface area contributed by atoms with Crippen molar-refractivity contribution in [1.82, 2.24) is 16.2 Å². The lowest BCUT2D eigenvalue weighted by atomic mass is 10.1. The van der Waals surface area contributed by atoms with Crippen molar-refractivity contribution in [1.29, 1.82) is 0 Å². The predicted octanol–water partition coefficient (Wildman–Crippen LogP) is 1.01. The summed E-state index contributed by atoms with van der Waals surface area (Å²) in [4.78, 5) is 11.3. The Balaban J connectivity index is 2.33. The summed E-state index contributed by atoms with van der Waals surface area (Å²) in [6.07, 6.45) is -0.643. The zero-order valence-electron chi connectivity index (χ0n) is 11.0. The molecular weight excluding hydrogens is 262 g/mol. The molecule has 0 heterocycles. The Labute approximate surface area is 118 Å². The van der Waals surface area contributed by atoms with Gasteiger partial charge in [0.05, 0.1) is 18.6 Å². The van der Waals surface area contributed by atoms with Crippen LogP contribution in [0.5, 0.6) is 0 Å². The first-order chi connectivity index (χ1) is 8.99. The van der Waals surface area contributed by atoms with Crippen molar-refractivity contribution in [2.24, 2.45) is 0 Å². The maximum atomic E-state index is 11.3. The summed E-state index contributed by atoms with van der Waals surface area (Å²) in [5.74, 6) is -0.313. The second-order valence-electron chi connectivity index (χ2n) is 4.33. The molecule has 1 amide bonds. The fourth-order valence-electron chi connectivity index (χ4n) is 1.50. The average molecular weight is 281 g/mol. The Morgan fingerprint density at radius 2 is 1.89 bits per heavy atom. The SMILES string of the molecule is CC(O)CC(=O)NNC(=S)NC(C)c1ccccc1. The number of rotatable bonds is 4. The summed E-state index contributed by atoms with van der Waals surface area (Å²) in [5, 5.41) is 12.4. The second-order valence-corrected chi connectivity index (χ2v) is 4.74. The van der Waals surface area contributed by atoms with Crippen molar-refractivity contribution >= 4 is 23.2 Å². The van der Waals surface area contributed by atoms with Gasteiger partial charge in [-0.2, -0.15) is 0 Å². The highest BCUT2D eigenvalue weighted by Gasteiger charge is 2.08. The van der Waals surface area contributed by atoms with E-state index in [4.69, 9.17) is 17.3 Å². The number of thiocarbonyl (C=S) groups is 1. The molecule has 0 aliphatic rings. The average Bonchev–Trinajstić information content (AvgIpc) is 2.36. The molecule has 1 rings (SSSR count). The molecule has 0 aliphatic carbocycles. The molecule has 104 valence electrons. The predicted molar refractivity (Wildman–Crippen MR) is 78.2 cm³/mol. The van der Waals surface area contributed by atoms with Gasteiger partial charge in [0, 0.05) is 0 Å². The van der Waals surface area contributed by atoms with Gasteiger partial charge in [0.25, 0.3) is 0 Å². The zero-order valence-corrected chi connectivity index (χ0v) is 11.8. The third kappa shape index (κ3) is 6.17. The number of hydrazine groups is 1. The highest BCUT2D eigenvalue weighted by atomic mass is 32.1. The summed E-state index contributed by atoms with van der Waals surface area (Å²) in [6.45, 7) is 3.52. The summed E-state index contributed by atoms with van der Waals surface area (Å²) in [5.41, 5.74) is 6.12. The lowest BCUT2D eigenvalue weighted by molar-refractivity contribution is -0.123. The van der Waals surface area contributed by atoms with E-state index >= 15 is 0 Å². The van der Waals surface area contributed by atoms with Gasteiger partial charge in [0.1, 0.15) is 0 Å². The van der Waals surface area contributed by atoms with Crippen molar-refractivity contribution in [3.05, 3.63) is 35.9 Å². The van der Waals surface area contributed by atoms with Crippen LogP contribution in [-0.4, -0.2) is 22.2 Å². The number of amides is 1. The van der Waals surface area contributed by atoms with Gasteiger partial charge in [-0.25, -0.2) is 0 Å². The molecule has 0 bridgehead atoms. The zero-order chi connectivity index (χ0) is 14.3. The fourth-order valence-corrected chi connectivity index (χ4v) is 1.73. The van der Waals surface area contributed by atoms with Gasteiger partial charge in [-0.15, -0.1) is 0 Å². The molecule has 5 nitrogen and oxygen atoms in total. The van der Waals surface area contributed by atoms with Crippen LogP contribution in [0.4, 0.5) is 0 Å². The Bertz CT molecular complexity index is 423. The molecule has 0 saturated carbocycles. The summed E-state index contributed by atoms with van der Waals surface area (Å²) in [6, 6.07) is 9.87. The largest absolute Gasteiger partial charge is 0.393 e. The molecule has 19 heavy (non-hydrogen) atoms. The fraction of sp³-hybridized carbons (Fsp3) is 0.385. The number of carbonyl (C=O) groups excluding carboxylic acids is 1.